The zero-order chi connectivity index (χ0) is 12.1. The van der Waals surface area contributed by atoms with E-state index >= 15 is 0 Å². The molecule has 0 aliphatic heterocycles. The largest absolute Gasteiger partial charge is 0.480 e. The molecule has 0 saturated heterocycles. The normalized spacial score (nSPS) is 11.7. The molecular formula is C9H25N3O2Si. The van der Waals surface area contributed by atoms with Gasteiger partial charge in [-0.3, -0.25) is 4.79 Å². The number of carboxylic acid groups (broad SMARTS) is 1. The van der Waals surface area contributed by atoms with E-state index in [1.807, 2.05) is 0 Å². The van der Waals surface area contributed by atoms with Crippen molar-refractivity contribution in [2.24, 2.45) is 17.2 Å². The molecule has 0 bridgehead atoms. The number of aliphatic carboxylic acids is 1. The SMILES string of the molecule is NCCCC[C@H](N)C(=O)O.NCCC[SiH3]. The highest BCUT2D eigenvalue weighted by Gasteiger charge is 2.09. The van der Waals surface area contributed by atoms with E-state index in [1.165, 1.54) is 22.7 Å². The van der Waals surface area contributed by atoms with Gasteiger partial charge in [0, 0.05) is 10.2 Å². The van der Waals surface area contributed by atoms with E-state index in [4.69, 9.17) is 22.3 Å². The predicted octanol–water partition coefficient (Wildman–Crippen LogP) is -1.35. The molecule has 0 spiro atoms. The number of unbranched alkanes of at least 4 members (excludes halogenated alkanes) is 1. The molecule has 5 nitrogen and oxygen atoms in total. The van der Waals surface area contributed by atoms with E-state index in [0.717, 1.165) is 19.4 Å². The lowest BCUT2D eigenvalue weighted by Crippen LogP contribution is -2.29. The van der Waals surface area contributed by atoms with Gasteiger partial charge in [-0.15, -0.1) is 0 Å². The van der Waals surface area contributed by atoms with Crippen molar-refractivity contribution in [1.82, 2.24) is 0 Å². The Balaban J connectivity index is 0. The number of carbonyl (C=O) groups is 1. The number of nitrogens with two attached hydrogens (primary N) is 3. The third kappa shape index (κ3) is 16.3. The quantitative estimate of drug-likeness (QED) is 0.321. The van der Waals surface area contributed by atoms with E-state index in [9.17, 15) is 4.79 Å². The Labute approximate surface area is 94.8 Å². The van der Waals surface area contributed by atoms with E-state index in [1.54, 1.807) is 0 Å². The zero-order valence-electron chi connectivity index (χ0n) is 9.61. The Morgan fingerprint density at radius 1 is 1.20 bits per heavy atom. The first kappa shape index (κ1) is 17.0. The van der Waals surface area contributed by atoms with Crippen LogP contribution in [0.4, 0.5) is 0 Å². The fraction of sp³-hybridized carbons (Fsp3) is 0.889. The lowest BCUT2D eigenvalue weighted by molar-refractivity contribution is -0.138. The average Bonchev–Trinajstić information content (AvgIpc) is 2.20. The molecule has 0 aliphatic rings. The van der Waals surface area contributed by atoms with Crippen molar-refractivity contribution in [2.75, 3.05) is 13.1 Å². The maximum absolute atomic E-state index is 10.1. The Morgan fingerprint density at radius 2 is 1.73 bits per heavy atom. The molecule has 0 radical (unpaired) electrons. The summed E-state index contributed by atoms with van der Waals surface area (Å²) in [6.45, 7) is 1.48. The summed E-state index contributed by atoms with van der Waals surface area (Å²) in [6.07, 6.45) is 3.39. The van der Waals surface area contributed by atoms with Gasteiger partial charge in [0.2, 0.25) is 0 Å². The van der Waals surface area contributed by atoms with E-state index in [0.29, 0.717) is 13.0 Å². The molecular weight excluding hydrogens is 210 g/mol. The standard InChI is InChI=1S/C6H14N2O2.C3H11NSi/c7-4-2-1-3-5(8)6(9)10;4-2-1-3-5/h5H,1-4,7-8H2,(H,9,10);1-4H2,5H3/t5-;/m0./s1. The molecule has 0 rings (SSSR count). The van der Waals surface area contributed by atoms with Crippen LogP contribution in [0.5, 0.6) is 0 Å². The predicted molar refractivity (Wildman–Crippen MR) is 66.9 cm³/mol. The lowest BCUT2D eigenvalue weighted by Gasteiger charge is -2.03. The van der Waals surface area contributed by atoms with E-state index < -0.39 is 12.0 Å². The molecule has 0 fully saturated rings. The van der Waals surface area contributed by atoms with Crippen molar-refractivity contribution >= 4 is 16.2 Å². The smallest absolute Gasteiger partial charge is 0.320 e. The van der Waals surface area contributed by atoms with Crippen LogP contribution in [0.25, 0.3) is 0 Å². The fourth-order valence-corrected chi connectivity index (χ4v) is 1.24. The molecule has 0 aliphatic carbocycles. The van der Waals surface area contributed by atoms with Gasteiger partial charge in [-0.25, -0.2) is 0 Å². The molecule has 6 heteroatoms. The summed E-state index contributed by atoms with van der Waals surface area (Å²) in [6, 6.07) is 0.641. The maximum Gasteiger partial charge on any atom is 0.320 e. The topological polar surface area (TPSA) is 115 Å². The van der Waals surface area contributed by atoms with Crippen LogP contribution in [-0.2, 0) is 4.79 Å². The summed E-state index contributed by atoms with van der Waals surface area (Å²) >= 11 is 0. The molecule has 0 heterocycles. The summed E-state index contributed by atoms with van der Waals surface area (Å²) in [5.74, 6) is -0.933. The molecule has 1 atom stereocenters. The lowest BCUT2D eigenvalue weighted by atomic mass is 10.1. The highest BCUT2D eigenvalue weighted by molar-refractivity contribution is 6.08. The number of hydrogen-bond donors (Lipinski definition) is 4. The first-order valence-corrected chi connectivity index (χ1v) is 6.90. The van der Waals surface area contributed by atoms with E-state index in [2.05, 4.69) is 0 Å². The van der Waals surface area contributed by atoms with Crippen molar-refractivity contribution in [1.29, 1.82) is 0 Å². The molecule has 0 aromatic carbocycles. The fourth-order valence-electron chi connectivity index (χ4n) is 0.836. The molecule has 92 valence electrons. The summed E-state index contributed by atoms with van der Waals surface area (Å²) in [7, 11) is 1.32. The Hall–Kier alpha value is -0.433. The molecule has 0 amide bonds. The van der Waals surface area contributed by atoms with Gasteiger partial charge in [0.05, 0.1) is 0 Å². The van der Waals surface area contributed by atoms with Crippen molar-refractivity contribution in [3.63, 3.8) is 0 Å². The second kappa shape index (κ2) is 13.6. The van der Waals surface area contributed by atoms with Gasteiger partial charge in [-0.05, 0) is 32.4 Å². The van der Waals surface area contributed by atoms with Crippen LogP contribution >= 0.6 is 0 Å². The molecule has 7 N–H and O–H groups in total. The highest BCUT2D eigenvalue weighted by Crippen LogP contribution is 1.96. The monoisotopic (exact) mass is 235 g/mol. The Morgan fingerprint density at radius 3 is 2.00 bits per heavy atom. The number of rotatable bonds is 7. The van der Waals surface area contributed by atoms with Crippen LogP contribution < -0.4 is 17.2 Å². The minimum Gasteiger partial charge on any atom is -0.480 e. The van der Waals surface area contributed by atoms with Crippen molar-refractivity contribution in [3.8, 4) is 0 Å². The van der Waals surface area contributed by atoms with Crippen molar-refractivity contribution in [3.05, 3.63) is 0 Å². The Kier molecular flexibility index (Phi) is 15.4. The van der Waals surface area contributed by atoms with Crippen LogP contribution in [0.15, 0.2) is 0 Å². The summed E-state index contributed by atoms with van der Waals surface area (Å²) < 4.78 is 0. The van der Waals surface area contributed by atoms with Gasteiger partial charge in [0.15, 0.2) is 0 Å². The van der Waals surface area contributed by atoms with E-state index in [-0.39, 0.29) is 0 Å². The molecule has 0 saturated carbocycles. The van der Waals surface area contributed by atoms with Gasteiger partial charge >= 0.3 is 5.97 Å². The number of carboxylic acids is 1. The summed E-state index contributed by atoms with van der Waals surface area (Å²) in [5.41, 5.74) is 15.6. The minimum atomic E-state index is -0.933. The van der Waals surface area contributed by atoms with Gasteiger partial charge in [-0.2, -0.15) is 0 Å². The summed E-state index contributed by atoms with van der Waals surface area (Å²) in [5, 5.41) is 8.33. The van der Waals surface area contributed by atoms with Crippen LogP contribution in [-0.4, -0.2) is 40.4 Å². The van der Waals surface area contributed by atoms with Crippen molar-refractivity contribution < 1.29 is 9.90 Å². The second-order valence-corrected chi connectivity index (χ2v) is 4.37. The van der Waals surface area contributed by atoms with Crippen LogP contribution in [0.3, 0.4) is 0 Å². The number of hydrogen-bond acceptors (Lipinski definition) is 4. The molecule has 0 unspecified atom stereocenters. The first-order valence-electron chi connectivity index (χ1n) is 5.48. The average molecular weight is 235 g/mol. The highest BCUT2D eigenvalue weighted by atomic mass is 28.1. The van der Waals surface area contributed by atoms with Crippen LogP contribution in [0.2, 0.25) is 6.04 Å². The summed E-state index contributed by atoms with van der Waals surface area (Å²) in [4.78, 5) is 10.1. The second-order valence-electron chi connectivity index (χ2n) is 3.37. The van der Waals surface area contributed by atoms with Gasteiger partial charge in [-0.1, -0.05) is 12.5 Å². The van der Waals surface area contributed by atoms with Gasteiger partial charge in [0.1, 0.15) is 6.04 Å². The maximum atomic E-state index is 10.1. The zero-order valence-corrected chi connectivity index (χ0v) is 11.6. The molecule has 0 aromatic heterocycles. The first-order chi connectivity index (χ1) is 7.09. The Bertz CT molecular complexity index is 145. The third-order valence-electron chi connectivity index (χ3n) is 1.84. The molecule has 15 heavy (non-hydrogen) atoms. The molecule has 0 aromatic rings. The van der Waals surface area contributed by atoms with Crippen molar-refractivity contribution in [2.45, 2.75) is 37.8 Å². The minimum absolute atomic E-state index is 0.520. The third-order valence-corrected chi connectivity index (χ3v) is 2.55. The van der Waals surface area contributed by atoms with Gasteiger partial charge in [0.25, 0.3) is 0 Å². The van der Waals surface area contributed by atoms with Crippen LogP contribution in [0.1, 0.15) is 25.7 Å². The van der Waals surface area contributed by atoms with Crippen LogP contribution in [0, 0.1) is 0 Å². The van der Waals surface area contributed by atoms with Gasteiger partial charge < -0.3 is 22.3 Å².